The molecule has 5 amide bonds. The number of urea groups is 1. The number of hydrogen-bond acceptors (Lipinski definition) is 29. The number of aromatic nitrogens is 6. The Balaban J connectivity index is 0.000000137. The summed E-state index contributed by atoms with van der Waals surface area (Å²) in [6.07, 6.45) is 6.01. The second-order valence-electron chi connectivity index (χ2n) is 40.8. The van der Waals surface area contributed by atoms with Gasteiger partial charge in [0.2, 0.25) is 0 Å². The average molecular weight is 2400 g/mol. The van der Waals surface area contributed by atoms with E-state index in [9.17, 15) is 19.2 Å². The lowest BCUT2D eigenvalue weighted by Gasteiger charge is -2.40. The maximum absolute atomic E-state index is 12.2. The molecule has 10 aliphatic rings. The maximum atomic E-state index is 12.2. The molecule has 10 fully saturated rings. The van der Waals surface area contributed by atoms with Crippen molar-refractivity contribution in [2.24, 2.45) is 0 Å². The molecule has 0 bridgehead atoms. The zero-order valence-electron chi connectivity index (χ0n) is 83.8. The van der Waals surface area contributed by atoms with E-state index in [-0.39, 0.29) is 36.0 Å². The Morgan fingerprint density at radius 1 is 0.365 bits per heavy atom. The highest BCUT2D eigenvalue weighted by Crippen LogP contribution is 2.40. The first-order chi connectivity index (χ1) is 70.8. The molecule has 0 saturated carbocycles. The fraction of sp³-hybridized carbons (Fsp3) is 0.421. The van der Waals surface area contributed by atoms with Gasteiger partial charge in [-0.25, -0.2) is 24.7 Å². The Bertz CT molecular complexity index is 6520. The quantitative estimate of drug-likeness (QED) is 0.0222. The van der Waals surface area contributed by atoms with Gasteiger partial charge in [0.05, 0.1) is 23.3 Å². The molecule has 148 heavy (non-hydrogen) atoms. The molecule has 34 nitrogen and oxygen atoms in total. The number of hydroxylamine groups is 1. The summed E-state index contributed by atoms with van der Waals surface area (Å²) in [6, 6.07) is 69.4. The number of nitrogens with zero attached hydrogens (tertiary/aromatic N) is 19. The Hall–Kier alpha value is -12.0. The van der Waals surface area contributed by atoms with Crippen LogP contribution >= 0.6 is 95.6 Å². The van der Waals surface area contributed by atoms with Crippen LogP contribution in [0.25, 0.3) is 0 Å². The third-order valence-electron chi connectivity index (χ3n) is 26.2. The summed E-state index contributed by atoms with van der Waals surface area (Å²) >= 11 is 20.5. The van der Waals surface area contributed by atoms with Crippen LogP contribution in [0, 0.1) is 45.6 Å². The molecule has 10 saturated heterocycles. The Labute approximate surface area is 913 Å². The Kier molecular flexibility index (Phi) is 38.8. The van der Waals surface area contributed by atoms with Crippen LogP contribution in [-0.2, 0) is 14.2 Å². The van der Waals surface area contributed by atoms with Gasteiger partial charge < -0.3 is 87.2 Å². The van der Waals surface area contributed by atoms with Gasteiger partial charge >= 0.3 is 49.5 Å². The van der Waals surface area contributed by atoms with E-state index < -0.39 is 30.0 Å². The lowest BCUT2D eigenvalue weighted by molar-refractivity contribution is 0.00808. The van der Waals surface area contributed by atoms with E-state index in [1.54, 1.807) is 53.1 Å². The monoisotopic (exact) mass is 2390 g/mol. The molecule has 11 aromatic rings. The molecule has 10 aliphatic heterocycles. The first-order valence-corrected chi connectivity index (χ1v) is 53.8. The molecule has 3 unspecified atom stereocenters. The van der Waals surface area contributed by atoms with Crippen molar-refractivity contribution in [3.63, 3.8) is 0 Å². The summed E-state index contributed by atoms with van der Waals surface area (Å²) in [7, 11) is -1.38. The number of rotatable bonds is 14. The third-order valence-corrected chi connectivity index (χ3v) is 29.1. The van der Waals surface area contributed by atoms with Gasteiger partial charge in [0.15, 0.2) is 29.9 Å². The number of amides is 5. The van der Waals surface area contributed by atoms with Crippen LogP contribution in [0.3, 0.4) is 0 Å². The minimum atomic E-state index is -1.38. The van der Waals surface area contributed by atoms with E-state index >= 15 is 0 Å². The topological polar surface area (TPSA) is 422 Å². The SMILES string of the molecule is Brc1cccc(C2CNC2)c1.CC(C)(C)OC(=O)N1CC(c2cccc(Br)c2)C1.CC(C)(C)OC(=O)N1CCC(c2noc(N3CC(c4cccc(Br)c4)C3)n2)C1.CC(C)(C)OC(=O)N1CCC(c2noc(N3CC(c4cccc(C#N)c4)C3)n2)C1.N#CN1CC(c2cccc(Br)c2)C1.N#Cc1cccc(C2CN(c3nc(C4CCN(C#N)C4)no3)C2)c1.O=C(NO)N1CC(c2cccc(Br)c2)C1.OB(O)c1cccc(Br)c1. The number of halogens is 6. The van der Waals surface area contributed by atoms with Gasteiger partial charge in [0, 0.05) is 217 Å². The summed E-state index contributed by atoms with van der Waals surface area (Å²) in [6.45, 7) is 32.4. The van der Waals surface area contributed by atoms with Crippen LogP contribution in [0.4, 0.5) is 37.2 Å². The molecule has 21 rings (SSSR count). The van der Waals surface area contributed by atoms with E-state index in [0.29, 0.717) is 133 Å². The largest absolute Gasteiger partial charge is 0.488 e. The second-order valence-corrected chi connectivity index (χ2v) is 46.3. The van der Waals surface area contributed by atoms with Gasteiger partial charge in [-0.3, -0.25) is 5.21 Å². The summed E-state index contributed by atoms with van der Waals surface area (Å²) in [5, 5.41) is 77.0. The first-order valence-electron chi connectivity index (χ1n) is 49.1. The molecular formula is C107H120BBr6N21O13. The van der Waals surface area contributed by atoms with Gasteiger partial charge in [0.25, 0.3) is 0 Å². The van der Waals surface area contributed by atoms with Crippen LogP contribution in [0.1, 0.15) is 208 Å². The molecule has 13 heterocycles. The molecule has 0 aliphatic carbocycles. The van der Waals surface area contributed by atoms with Crippen molar-refractivity contribution in [2.75, 3.05) is 146 Å². The summed E-state index contributed by atoms with van der Waals surface area (Å²) < 4.78 is 38.9. The number of nitrogens with one attached hydrogen (secondary N) is 2. The summed E-state index contributed by atoms with van der Waals surface area (Å²) in [4.78, 5) is 77.3. The normalized spacial score (nSPS) is 18.1. The highest BCUT2D eigenvalue weighted by molar-refractivity contribution is 9.11. The maximum Gasteiger partial charge on any atom is 0.488 e. The predicted octanol–water partition coefficient (Wildman–Crippen LogP) is 19.6. The smallest absolute Gasteiger partial charge is 0.444 e. The van der Waals surface area contributed by atoms with Crippen LogP contribution in [0.5, 0.6) is 0 Å². The molecule has 41 heteroatoms. The number of nitriles is 4. The van der Waals surface area contributed by atoms with Gasteiger partial charge in [-0.1, -0.05) is 208 Å². The molecule has 5 N–H and O–H groups in total. The summed E-state index contributed by atoms with van der Waals surface area (Å²) in [5.74, 6) is 5.62. The van der Waals surface area contributed by atoms with Crippen LogP contribution < -0.4 is 31.0 Å². The average Bonchev–Trinajstić information content (AvgIpc) is 1.74. The third kappa shape index (κ3) is 31.8. The minimum Gasteiger partial charge on any atom is -0.444 e. The minimum absolute atomic E-state index is 0.0596. The molecule has 0 spiro atoms. The lowest BCUT2D eigenvalue weighted by atomic mass is 9.81. The first kappa shape index (κ1) is 112. The van der Waals surface area contributed by atoms with Crippen LogP contribution in [0.15, 0.2) is 235 Å². The zero-order valence-corrected chi connectivity index (χ0v) is 93.3. The molecule has 3 atom stereocenters. The number of benzene rings is 8. The Morgan fingerprint density at radius 2 is 0.649 bits per heavy atom. The van der Waals surface area contributed by atoms with Crippen molar-refractivity contribution in [3.05, 3.63) is 289 Å². The van der Waals surface area contributed by atoms with Gasteiger partial charge in [0.1, 0.15) is 16.8 Å². The molecular weight excluding hydrogens is 2280 g/mol. The molecule has 8 aromatic carbocycles. The Morgan fingerprint density at radius 3 is 0.946 bits per heavy atom. The van der Waals surface area contributed by atoms with E-state index in [1.165, 1.54) is 37.9 Å². The van der Waals surface area contributed by atoms with Crippen molar-refractivity contribution in [1.29, 1.82) is 21.0 Å². The fourth-order valence-electron chi connectivity index (χ4n) is 17.7. The fourth-order valence-corrected chi connectivity index (χ4v) is 20.2. The van der Waals surface area contributed by atoms with Crippen molar-refractivity contribution >= 4 is 151 Å². The summed E-state index contributed by atoms with van der Waals surface area (Å²) in [5.41, 5.74) is 11.0. The number of carbonyl (C=O) groups excluding carboxylic acids is 4. The number of anilines is 3. The van der Waals surface area contributed by atoms with Crippen molar-refractivity contribution in [1.82, 2.24) is 70.6 Å². The highest BCUT2D eigenvalue weighted by Gasteiger charge is 2.42. The van der Waals surface area contributed by atoms with E-state index in [1.807, 2.05) is 164 Å². The van der Waals surface area contributed by atoms with E-state index in [0.717, 1.165) is 138 Å². The van der Waals surface area contributed by atoms with Crippen LogP contribution in [0.2, 0.25) is 0 Å². The number of likely N-dealkylation sites (tertiary alicyclic amines) is 6. The molecule has 3 aromatic heterocycles. The van der Waals surface area contributed by atoms with Crippen molar-refractivity contribution in [2.45, 2.75) is 158 Å². The van der Waals surface area contributed by atoms with Gasteiger partial charge in [-0.2, -0.15) is 36.0 Å². The van der Waals surface area contributed by atoms with Gasteiger partial charge in [-0.05, 0) is 223 Å². The zero-order chi connectivity index (χ0) is 106. The number of ether oxygens (including phenoxy) is 3. The highest BCUT2D eigenvalue weighted by atomic mass is 79.9. The molecule has 0 radical (unpaired) electrons. The van der Waals surface area contributed by atoms with Gasteiger partial charge in [-0.15, -0.1) is 0 Å². The standard InChI is InChI=1S/C21H25N5O3.C20H25BrN4O3.C17H16N6O.C14H18BrNO2.C10H11BrN2O2.C10H9BrN2.C9H10BrN.C6H6BBrO2/c1-21(2,3)28-20(27)25-8-7-16(11-25)18-23-19(29-24-18)26-12-17(13-26)15-6-4-5-14(9-15)10-22;1-20(2,3)27-19(26)24-8-7-14(10-24)17-22-18(28-23-17)25-11-15(12-25)13-5-4-6-16(21)9-13;18-7-12-2-1-3-13(6-12)15-9-23(10-15)17-20-16(21-24-17)14-4-5-22(8-14)11-19;1-14(2,3)18-13(17)16-8-11(9-16)10-5-4-6-12(15)7-10;11-9-3-1-2-7(4-9)8-5-13(6-8)10(14)12-15;11-10-3-1-2-8(4-10)9-5-13(6-9)7-12;10-9-3-1-2-7(4-9)8-5-11-6-8;8-6-3-1-2-5(4-6)7(9)10/h4-6,9,16-17H,7-8,11-13H2,1-3H3;4-6,9,14-15H,7-8,10-12H2,1-3H3;1-3,6,14-15H,4-5,8-10H2;4-7,11H,8-9H2,1-3H3;1-4,8,15H,5-6H2,(H,12,14);1-4,9H,5-6H2;1-4,8,11H,5-6H2;1-4,9-10H. The van der Waals surface area contributed by atoms with Crippen LogP contribution in [-0.4, -0.2) is 254 Å². The van der Waals surface area contributed by atoms with E-state index in [2.05, 4.69) is 245 Å². The lowest BCUT2D eigenvalue weighted by Crippen LogP contribution is -2.51. The second kappa shape index (κ2) is 51.5. The number of carbonyl (C=O) groups is 4. The predicted molar refractivity (Wildman–Crippen MR) is 580 cm³/mol. The number of hydrogen-bond donors (Lipinski definition) is 5. The van der Waals surface area contributed by atoms with Crippen molar-refractivity contribution < 1.29 is 62.2 Å². The van der Waals surface area contributed by atoms with E-state index in [4.69, 9.17) is 64.1 Å². The molecule has 776 valence electrons. The van der Waals surface area contributed by atoms with Crippen molar-refractivity contribution in [3.8, 4) is 24.5 Å².